The summed E-state index contributed by atoms with van der Waals surface area (Å²) in [7, 11) is 0. The Balaban J connectivity index is 2.07. The number of thiazole rings is 1. The molecule has 4 nitrogen and oxygen atoms in total. The van der Waals surface area contributed by atoms with E-state index in [1.54, 1.807) is 19.9 Å². The van der Waals surface area contributed by atoms with Crippen LogP contribution in [-0.4, -0.2) is 22.2 Å². The van der Waals surface area contributed by atoms with E-state index < -0.39 is 17.3 Å². The average Bonchev–Trinajstić information content (AvgIpc) is 3.04. The second-order valence-corrected chi connectivity index (χ2v) is 8.68. The van der Waals surface area contributed by atoms with E-state index in [1.807, 2.05) is 13.0 Å². The average molecular weight is 368 g/mol. The fraction of sp³-hybridized carbons (Fsp3) is 0.312. The van der Waals surface area contributed by atoms with Crippen LogP contribution < -0.4 is 0 Å². The van der Waals surface area contributed by atoms with Crippen molar-refractivity contribution in [2.24, 2.45) is 0 Å². The zero-order chi connectivity index (χ0) is 16.9. The topological polar surface area (TPSA) is 56.3 Å². The number of rotatable bonds is 2. The van der Waals surface area contributed by atoms with Crippen LogP contribution in [-0.2, 0) is 14.3 Å². The number of thiophene rings is 1. The molecule has 2 aromatic rings. The van der Waals surface area contributed by atoms with Crippen LogP contribution in [0.2, 0.25) is 4.34 Å². The Kier molecular flexibility index (Phi) is 3.94. The standard InChI is InChI=1S/C16H14ClNO3S2/c1-7-13(19)11(14(20)16(3,4)21-7)12-8(2)22-15(18-12)9-5-6-10(17)23-9/h5-6,11H,1H2,2-4H3. The highest BCUT2D eigenvalue weighted by Crippen LogP contribution is 2.40. The van der Waals surface area contributed by atoms with Crippen LogP contribution in [0.1, 0.15) is 30.3 Å². The monoisotopic (exact) mass is 367 g/mol. The molecule has 23 heavy (non-hydrogen) atoms. The van der Waals surface area contributed by atoms with Crippen molar-refractivity contribution < 1.29 is 14.3 Å². The largest absolute Gasteiger partial charge is 0.477 e. The molecule has 1 saturated heterocycles. The van der Waals surface area contributed by atoms with Crippen molar-refractivity contribution in [3.8, 4) is 9.88 Å². The first-order chi connectivity index (χ1) is 10.7. The molecule has 0 aliphatic carbocycles. The summed E-state index contributed by atoms with van der Waals surface area (Å²) in [5, 5.41) is 0.755. The molecule has 0 spiro atoms. The Morgan fingerprint density at radius 2 is 2.00 bits per heavy atom. The number of aryl methyl sites for hydroxylation is 1. The number of Topliss-reactive ketones (excluding diaryl/α,β-unsaturated/α-hetero) is 2. The van der Waals surface area contributed by atoms with E-state index in [2.05, 4.69) is 11.6 Å². The maximum absolute atomic E-state index is 12.7. The summed E-state index contributed by atoms with van der Waals surface area (Å²) in [5.41, 5.74) is -0.597. The van der Waals surface area contributed by atoms with Crippen molar-refractivity contribution in [3.63, 3.8) is 0 Å². The summed E-state index contributed by atoms with van der Waals surface area (Å²) in [6.45, 7) is 8.77. The van der Waals surface area contributed by atoms with Crippen LogP contribution in [0.5, 0.6) is 0 Å². The van der Waals surface area contributed by atoms with Gasteiger partial charge in [-0.15, -0.1) is 22.7 Å². The molecule has 1 fully saturated rings. The molecule has 0 aromatic carbocycles. The smallest absolute Gasteiger partial charge is 0.213 e. The van der Waals surface area contributed by atoms with Crippen molar-refractivity contribution >= 4 is 45.8 Å². The van der Waals surface area contributed by atoms with E-state index >= 15 is 0 Å². The lowest BCUT2D eigenvalue weighted by molar-refractivity contribution is -0.150. The Labute approximate surface area is 146 Å². The van der Waals surface area contributed by atoms with Gasteiger partial charge in [0.15, 0.2) is 17.1 Å². The molecule has 3 rings (SSSR count). The number of carbonyl (C=O) groups is 2. The SMILES string of the molecule is C=C1OC(C)(C)C(=O)C(c2nc(-c3ccc(Cl)s3)sc2C)C1=O. The third kappa shape index (κ3) is 2.75. The van der Waals surface area contributed by atoms with E-state index in [0.717, 1.165) is 14.8 Å². The molecular formula is C16H14ClNO3S2. The van der Waals surface area contributed by atoms with Gasteiger partial charge in [-0.05, 0) is 32.9 Å². The molecule has 1 aliphatic rings. The minimum atomic E-state index is -1.09. The zero-order valence-electron chi connectivity index (χ0n) is 12.8. The van der Waals surface area contributed by atoms with Gasteiger partial charge < -0.3 is 4.74 Å². The quantitative estimate of drug-likeness (QED) is 0.584. The lowest BCUT2D eigenvalue weighted by atomic mass is 9.82. The molecule has 1 unspecified atom stereocenters. The Bertz CT molecular complexity index is 834. The highest BCUT2D eigenvalue weighted by molar-refractivity contribution is 7.23. The van der Waals surface area contributed by atoms with Crippen LogP contribution in [0.15, 0.2) is 24.5 Å². The first-order valence-electron chi connectivity index (χ1n) is 6.90. The second kappa shape index (κ2) is 5.54. The Morgan fingerprint density at radius 3 is 2.61 bits per heavy atom. The molecule has 0 amide bonds. The first kappa shape index (κ1) is 16.4. The minimum absolute atomic E-state index is 0.00715. The number of allylic oxidation sites excluding steroid dienone is 1. The van der Waals surface area contributed by atoms with Gasteiger partial charge in [-0.2, -0.15) is 0 Å². The van der Waals surface area contributed by atoms with Crippen LogP contribution in [0.25, 0.3) is 9.88 Å². The highest BCUT2D eigenvalue weighted by Gasteiger charge is 2.48. The molecule has 1 aliphatic heterocycles. The fourth-order valence-electron chi connectivity index (χ4n) is 2.50. The Hall–Kier alpha value is -1.50. The van der Waals surface area contributed by atoms with Gasteiger partial charge in [-0.3, -0.25) is 9.59 Å². The van der Waals surface area contributed by atoms with Gasteiger partial charge in [0.05, 0.1) is 14.9 Å². The maximum atomic E-state index is 12.7. The summed E-state index contributed by atoms with van der Waals surface area (Å²) < 4.78 is 6.02. The molecule has 0 bridgehead atoms. The summed E-state index contributed by atoms with van der Waals surface area (Å²) in [4.78, 5) is 31.4. The van der Waals surface area contributed by atoms with E-state index in [1.165, 1.54) is 22.7 Å². The van der Waals surface area contributed by atoms with Gasteiger partial charge in [0.25, 0.3) is 0 Å². The van der Waals surface area contributed by atoms with E-state index in [0.29, 0.717) is 10.0 Å². The zero-order valence-corrected chi connectivity index (χ0v) is 15.2. The molecule has 120 valence electrons. The maximum Gasteiger partial charge on any atom is 0.213 e. The van der Waals surface area contributed by atoms with E-state index in [-0.39, 0.29) is 11.5 Å². The molecular weight excluding hydrogens is 354 g/mol. The molecule has 0 radical (unpaired) electrons. The lowest BCUT2D eigenvalue weighted by Gasteiger charge is -2.34. The normalized spacial score (nSPS) is 20.7. The van der Waals surface area contributed by atoms with Gasteiger partial charge in [-0.1, -0.05) is 18.2 Å². The van der Waals surface area contributed by atoms with E-state index in [9.17, 15) is 9.59 Å². The van der Waals surface area contributed by atoms with Crippen LogP contribution in [0.4, 0.5) is 0 Å². The fourth-order valence-corrected chi connectivity index (χ4v) is 4.54. The summed E-state index contributed by atoms with van der Waals surface area (Å²) >= 11 is 8.83. The van der Waals surface area contributed by atoms with Gasteiger partial charge in [-0.25, -0.2) is 4.98 Å². The number of hydrogen-bond donors (Lipinski definition) is 0. The van der Waals surface area contributed by atoms with Gasteiger partial charge in [0, 0.05) is 4.88 Å². The van der Waals surface area contributed by atoms with Crippen molar-refractivity contribution in [1.82, 2.24) is 4.98 Å². The highest BCUT2D eigenvalue weighted by atomic mass is 35.5. The number of hydrogen-bond acceptors (Lipinski definition) is 6. The summed E-state index contributed by atoms with van der Waals surface area (Å²) in [6, 6.07) is 3.68. The third-order valence-electron chi connectivity index (χ3n) is 3.66. The lowest BCUT2D eigenvalue weighted by Crippen LogP contribution is -2.47. The minimum Gasteiger partial charge on any atom is -0.477 e. The van der Waals surface area contributed by atoms with Crippen LogP contribution in [0.3, 0.4) is 0 Å². The van der Waals surface area contributed by atoms with Crippen LogP contribution in [0, 0.1) is 6.92 Å². The van der Waals surface area contributed by atoms with Gasteiger partial charge in [0.1, 0.15) is 10.9 Å². The number of ketones is 2. The van der Waals surface area contributed by atoms with Crippen LogP contribution >= 0.6 is 34.3 Å². The Morgan fingerprint density at radius 1 is 1.30 bits per heavy atom. The number of aromatic nitrogens is 1. The van der Waals surface area contributed by atoms with Gasteiger partial charge in [0.2, 0.25) is 5.78 Å². The van der Waals surface area contributed by atoms with E-state index in [4.69, 9.17) is 16.3 Å². The summed E-state index contributed by atoms with van der Waals surface area (Å²) in [6.07, 6.45) is 0. The molecule has 2 aromatic heterocycles. The van der Waals surface area contributed by atoms with Crippen molar-refractivity contribution in [2.45, 2.75) is 32.3 Å². The number of halogens is 1. The molecule has 0 N–H and O–H groups in total. The predicted octanol–water partition coefficient (Wildman–Crippen LogP) is 4.38. The molecule has 0 saturated carbocycles. The summed E-state index contributed by atoms with van der Waals surface area (Å²) in [5.74, 6) is -1.66. The second-order valence-electron chi connectivity index (χ2n) is 5.76. The number of ether oxygens (including phenoxy) is 1. The third-order valence-corrected chi connectivity index (χ3v) is 6.05. The van der Waals surface area contributed by atoms with Gasteiger partial charge >= 0.3 is 0 Å². The van der Waals surface area contributed by atoms with Crippen molar-refractivity contribution in [1.29, 1.82) is 0 Å². The molecule has 1 atom stereocenters. The molecule has 3 heterocycles. The molecule has 7 heteroatoms. The predicted molar refractivity (Wildman–Crippen MR) is 92.2 cm³/mol. The number of nitrogens with zero attached hydrogens (tertiary/aromatic N) is 1. The number of carbonyl (C=O) groups excluding carboxylic acids is 2. The van der Waals surface area contributed by atoms with Crippen molar-refractivity contribution in [2.75, 3.05) is 0 Å². The first-order valence-corrected chi connectivity index (χ1v) is 8.91. The van der Waals surface area contributed by atoms with Crippen molar-refractivity contribution in [3.05, 3.63) is 39.4 Å².